The highest BCUT2D eigenvalue weighted by Gasteiger charge is 1.96. The molecule has 0 spiro atoms. The number of nitrogens with two attached hydrogens (primary N) is 1. The van der Waals surface area contributed by atoms with Crippen molar-refractivity contribution in [3.05, 3.63) is 24.3 Å². The Labute approximate surface area is 92.1 Å². The molecule has 0 bridgehead atoms. The number of aromatic nitrogens is 1. The third kappa shape index (κ3) is 3.00. The van der Waals surface area contributed by atoms with Gasteiger partial charge in [-0.1, -0.05) is 23.5 Å². The molecule has 0 unspecified atom stereocenters. The van der Waals surface area contributed by atoms with Gasteiger partial charge in [0, 0.05) is 0 Å². The Balaban J connectivity index is 0. The minimum atomic E-state index is 0. The maximum atomic E-state index is 5.50. The molecule has 0 saturated carbocycles. The molecule has 0 atom stereocenters. The lowest BCUT2D eigenvalue weighted by Crippen LogP contribution is -1.78. The number of rotatable bonds is 0. The number of nitrogen functional groups attached to an aromatic ring is 1. The van der Waals surface area contributed by atoms with Crippen molar-refractivity contribution in [3.8, 4) is 0 Å². The van der Waals surface area contributed by atoms with Gasteiger partial charge in [0.1, 0.15) is 0 Å². The largest absolute Gasteiger partial charge is 0.412 e. The van der Waals surface area contributed by atoms with E-state index in [9.17, 15) is 0 Å². The molecule has 13 heavy (non-hydrogen) atoms. The van der Waals surface area contributed by atoms with E-state index >= 15 is 0 Å². The van der Waals surface area contributed by atoms with Gasteiger partial charge in [0.2, 0.25) is 0 Å². The van der Waals surface area contributed by atoms with Gasteiger partial charge in [-0.15, -0.1) is 24.8 Å². The van der Waals surface area contributed by atoms with Crippen molar-refractivity contribution in [3.63, 3.8) is 0 Å². The lowest BCUT2D eigenvalue weighted by Gasteiger charge is -1.80. The van der Waals surface area contributed by atoms with Crippen LogP contribution in [0.5, 0.6) is 0 Å². The Morgan fingerprint density at radius 1 is 1.15 bits per heavy atom. The van der Waals surface area contributed by atoms with Crippen LogP contribution >= 0.6 is 36.2 Å². The molecular formula is C7H10Cl2N2OS. The normalized spacial score (nSPS) is 8.00. The third-order valence-electron chi connectivity index (χ3n) is 1.31. The van der Waals surface area contributed by atoms with Crippen molar-refractivity contribution in [1.82, 2.24) is 4.98 Å². The fourth-order valence-electron chi connectivity index (χ4n) is 0.890. The van der Waals surface area contributed by atoms with Crippen LogP contribution in [-0.4, -0.2) is 10.5 Å². The lowest BCUT2D eigenvalue weighted by molar-refractivity contribution is 0.824. The molecule has 0 amide bonds. The van der Waals surface area contributed by atoms with Crippen LogP contribution in [0.4, 0.5) is 5.13 Å². The summed E-state index contributed by atoms with van der Waals surface area (Å²) in [6, 6.07) is 7.92. The van der Waals surface area contributed by atoms with Crippen LogP contribution in [0.1, 0.15) is 0 Å². The highest BCUT2D eigenvalue weighted by atomic mass is 35.5. The highest BCUT2D eigenvalue weighted by molar-refractivity contribution is 7.22. The zero-order valence-corrected chi connectivity index (χ0v) is 9.01. The molecule has 0 fully saturated rings. The molecule has 0 aliphatic rings. The SMILES string of the molecule is Cl.Cl.Nc1nc2ccccc2s1.O. The average Bonchev–Trinajstić information content (AvgIpc) is 2.27. The van der Waals surface area contributed by atoms with E-state index in [2.05, 4.69) is 4.98 Å². The van der Waals surface area contributed by atoms with E-state index in [1.807, 2.05) is 24.3 Å². The maximum absolute atomic E-state index is 5.50. The first-order valence-corrected chi connectivity index (χ1v) is 3.79. The van der Waals surface area contributed by atoms with E-state index in [0.29, 0.717) is 5.13 Å². The Bertz CT molecular complexity index is 333. The van der Waals surface area contributed by atoms with E-state index in [0.717, 1.165) is 10.2 Å². The first kappa shape index (κ1) is 14.9. The average molecular weight is 241 g/mol. The Morgan fingerprint density at radius 3 is 2.38 bits per heavy atom. The number of benzene rings is 1. The molecular weight excluding hydrogens is 231 g/mol. The standard InChI is InChI=1S/C7H6N2S.2ClH.H2O/c8-7-9-5-3-1-2-4-6(5)10-7;;;/h1-4H,(H2,8,9);2*1H;1H2. The maximum Gasteiger partial charge on any atom is 0.181 e. The van der Waals surface area contributed by atoms with E-state index in [1.54, 1.807) is 0 Å². The van der Waals surface area contributed by atoms with Crippen LogP contribution in [0, 0.1) is 0 Å². The summed E-state index contributed by atoms with van der Waals surface area (Å²) in [6.07, 6.45) is 0. The zero-order valence-electron chi connectivity index (χ0n) is 6.56. The first-order chi connectivity index (χ1) is 4.86. The second-order valence-electron chi connectivity index (χ2n) is 2.02. The summed E-state index contributed by atoms with van der Waals surface area (Å²) in [5, 5.41) is 0.640. The molecule has 0 radical (unpaired) electrons. The number of halogens is 2. The summed E-state index contributed by atoms with van der Waals surface area (Å²) < 4.78 is 1.15. The van der Waals surface area contributed by atoms with Gasteiger partial charge in [0.15, 0.2) is 5.13 Å². The van der Waals surface area contributed by atoms with Gasteiger partial charge in [-0.05, 0) is 12.1 Å². The number of para-hydroxylation sites is 1. The molecule has 6 heteroatoms. The van der Waals surface area contributed by atoms with Gasteiger partial charge in [-0.3, -0.25) is 0 Å². The minimum absolute atomic E-state index is 0. The number of fused-ring (bicyclic) bond motifs is 1. The van der Waals surface area contributed by atoms with Crippen LogP contribution in [0.2, 0.25) is 0 Å². The number of hydrogen-bond acceptors (Lipinski definition) is 3. The fraction of sp³-hybridized carbons (Fsp3) is 0. The van der Waals surface area contributed by atoms with Crippen LogP contribution in [-0.2, 0) is 0 Å². The smallest absolute Gasteiger partial charge is 0.181 e. The second-order valence-corrected chi connectivity index (χ2v) is 3.08. The molecule has 4 N–H and O–H groups in total. The summed E-state index contributed by atoms with van der Waals surface area (Å²) in [5.41, 5.74) is 6.49. The van der Waals surface area contributed by atoms with Crippen molar-refractivity contribution in [2.45, 2.75) is 0 Å². The molecule has 0 aliphatic carbocycles. The first-order valence-electron chi connectivity index (χ1n) is 2.97. The van der Waals surface area contributed by atoms with Gasteiger partial charge in [0.25, 0.3) is 0 Å². The second kappa shape index (κ2) is 5.99. The number of thiazole rings is 1. The molecule has 2 aromatic rings. The van der Waals surface area contributed by atoms with Crippen molar-refractivity contribution in [2.75, 3.05) is 5.73 Å². The molecule has 74 valence electrons. The summed E-state index contributed by atoms with van der Waals surface area (Å²) >= 11 is 1.52. The quantitative estimate of drug-likeness (QED) is 0.765. The molecule has 0 aliphatic heterocycles. The highest BCUT2D eigenvalue weighted by Crippen LogP contribution is 2.22. The van der Waals surface area contributed by atoms with Crippen molar-refractivity contribution < 1.29 is 5.48 Å². The predicted molar refractivity (Wildman–Crippen MR) is 62.1 cm³/mol. The van der Waals surface area contributed by atoms with Crippen LogP contribution in [0.3, 0.4) is 0 Å². The molecule has 1 aromatic heterocycles. The molecule has 2 rings (SSSR count). The van der Waals surface area contributed by atoms with Crippen molar-refractivity contribution >= 4 is 51.5 Å². The molecule has 1 heterocycles. The van der Waals surface area contributed by atoms with Crippen LogP contribution in [0.15, 0.2) is 24.3 Å². The molecule has 1 aromatic carbocycles. The predicted octanol–water partition coefficient (Wildman–Crippen LogP) is 1.90. The molecule has 3 nitrogen and oxygen atoms in total. The summed E-state index contributed by atoms with van der Waals surface area (Å²) in [5.74, 6) is 0. The van der Waals surface area contributed by atoms with E-state index in [-0.39, 0.29) is 30.3 Å². The molecule has 0 saturated heterocycles. The number of hydrogen-bond donors (Lipinski definition) is 1. The van der Waals surface area contributed by atoms with Gasteiger partial charge < -0.3 is 11.2 Å². The monoisotopic (exact) mass is 240 g/mol. The number of anilines is 1. The summed E-state index contributed by atoms with van der Waals surface area (Å²) in [7, 11) is 0. The zero-order chi connectivity index (χ0) is 6.97. The van der Waals surface area contributed by atoms with Gasteiger partial charge in [0.05, 0.1) is 10.2 Å². The van der Waals surface area contributed by atoms with Crippen LogP contribution in [0.25, 0.3) is 10.2 Å². The van der Waals surface area contributed by atoms with Gasteiger partial charge in [-0.25, -0.2) is 4.98 Å². The Kier molecular flexibility index (Phi) is 6.89. The van der Waals surface area contributed by atoms with Crippen molar-refractivity contribution in [1.29, 1.82) is 0 Å². The fourth-order valence-corrected chi connectivity index (χ4v) is 1.62. The minimum Gasteiger partial charge on any atom is -0.412 e. The third-order valence-corrected chi connectivity index (χ3v) is 2.18. The van der Waals surface area contributed by atoms with Crippen LogP contribution < -0.4 is 5.73 Å². The van der Waals surface area contributed by atoms with Crippen molar-refractivity contribution in [2.24, 2.45) is 0 Å². The number of nitrogens with zero attached hydrogens (tertiary/aromatic N) is 1. The van der Waals surface area contributed by atoms with Gasteiger partial charge >= 0.3 is 0 Å². The van der Waals surface area contributed by atoms with E-state index < -0.39 is 0 Å². The van der Waals surface area contributed by atoms with E-state index in [4.69, 9.17) is 5.73 Å². The topological polar surface area (TPSA) is 70.4 Å². The Hall–Kier alpha value is -0.550. The summed E-state index contributed by atoms with van der Waals surface area (Å²) in [6.45, 7) is 0. The Morgan fingerprint density at radius 2 is 1.77 bits per heavy atom. The lowest BCUT2D eigenvalue weighted by atomic mass is 10.3. The van der Waals surface area contributed by atoms with E-state index in [1.165, 1.54) is 11.3 Å². The van der Waals surface area contributed by atoms with Gasteiger partial charge in [-0.2, -0.15) is 0 Å². The summed E-state index contributed by atoms with van der Waals surface area (Å²) in [4.78, 5) is 4.11.